The standard InChI is InChI=1S/C14H18ClNO3S/c1-2-8-5-10(11(6-8)14(18)19)13(17)16-7-9-3-4-12(15)20-9/h3-4,8,10-11H,2,5-7H2,1H3,(H,16,17)(H,18,19). The fourth-order valence-electron chi connectivity index (χ4n) is 2.79. The van der Waals surface area contributed by atoms with Gasteiger partial charge in [-0.25, -0.2) is 0 Å². The molecule has 1 fully saturated rings. The van der Waals surface area contributed by atoms with Gasteiger partial charge in [0.2, 0.25) is 5.91 Å². The van der Waals surface area contributed by atoms with Crippen molar-refractivity contribution in [3.05, 3.63) is 21.3 Å². The SMILES string of the molecule is CCC1CC(C(=O)O)C(C(=O)NCc2ccc(Cl)s2)C1. The van der Waals surface area contributed by atoms with Crippen LogP contribution in [-0.4, -0.2) is 17.0 Å². The zero-order valence-electron chi connectivity index (χ0n) is 11.3. The van der Waals surface area contributed by atoms with Gasteiger partial charge in [0.05, 0.1) is 22.7 Å². The average Bonchev–Trinajstić information content (AvgIpc) is 3.02. The van der Waals surface area contributed by atoms with Crippen molar-refractivity contribution in [2.75, 3.05) is 0 Å². The number of halogens is 1. The van der Waals surface area contributed by atoms with E-state index >= 15 is 0 Å². The lowest BCUT2D eigenvalue weighted by Gasteiger charge is -2.15. The minimum absolute atomic E-state index is 0.155. The number of carboxylic acids is 1. The number of amides is 1. The van der Waals surface area contributed by atoms with Gasteiger partial charge in [-0.15, -0.1) is 11.3 Å². The zero-order chi connectivity index (χ0) is 14.7. The second-order valence-corrected chi connectivity index (χ2v) is 7.02. The van der Waals surface area contributed by atoms with E-state index in [1.165, 1.54) is 11.3 Å². The van der Waals surface area contributed by atoms with E-state index in [9.17, 15) is 14.7 Å². The van der Waals surface area contributed by atoms with E-state index in [1.54, 1.807) is 6.07 Å². The van der Waals surface area contributed by atoms with Crippen molar-refractivity contribution < 1.29 is 14.7 Å². The highest BCUT2D eigenvalue weighted by molar-refractivity contribution is 7.16. The first-order valence-electron chi connectivity index (χ1n) is 6.76. The first kappa shape index (κ1) is 15.3. The van der Waals surface area contributed by atoms with Gasteiger partial charge in [0, 0.05) is 4.88 Å². The third kappa shape index (κ3) is 3.52. The zero-order valence-corrected chi connectivity index (χ0v) is 12.8. The fraction of sp³-hybridized carbons (Fsp3) is 0.571. The first-order valence-corrected chi connectivity index (χ1v) is 7.95. The molecule has 0 saturated heterocycles. The number of hydrogen-bond donors (Lipinski definition) is 2. The molecule has 1 aliphatic rings. The van der Waals surface area contributed by atoms with Crippen LogP contribution >= 0.6 is 22.9 Å². The molecule has 3 atom stereocenters. The van der Waals surface area contributed by atoms with Crippen LogP contribution in [0.1, 0.15) is 31.1 Å². The highest BCUT2D eigenvalue weighted by atomic mass is 35.5. The lowest BCUT2D eigenvalue weighted by Crippen LogP contribution is -2.34. The van der Waals surface area contributed by atoms with Crippen molar-refractivity contribution >= 4 is 34.8 Å². The van der Waals surface area contributed by atoms with Crippen LogP contribution in [0.4, 0.5) is 0 Å². The third-order valence-corrected chi connectivity index (χ3v) is 5.19. The van der Waals surface area contributed by atoms with Crippen LogP contribution in [0, 0.1) is 17.8 Å². The summed E-state index contributed by atoms with van der Waals surface area (Å²) in [6, 6.07) is 3.65. The highest BCUT2D eigenvalue weighted by Gasteiger charge is 2.41. The van der Waals surface area contributed by atoms with Crippen molar-refractivity contribution in [1.29, 1.82) is 0 Å². The molecule has 0 spiro atoms. The number of nitrogens with one attached hydrogen (secondary N) is 1. The van der Waals surface area contributed by atoms with E-state index in [-0.39, 0.29) is 5.91 Å². The molecule has 0 radical (unpaired) electrons. The van der Waals surface area contributed by atoms with Gasteiger partial charge in [-0.3, -0.25) is 9.59 Å². The molecule has 1 heterocycles. The molecule has 2 rings (SSSR count). The summed E-state index contributed by atoms with van der Waals surface area (Å²) in [5.41, 5.74) is 0. The van der Waals surface area contributed by atoms with E-state index in [0.29, 0.717) is 29.6 Å². The molecule has 110 valence electrons. The Hall–Kier alpha value is -1.07. The lowest BCUT2D eigenvalue weighted by molar-refractivity contribution is -0.146. The minimum atomic E-state index is -0.861. The quantitative estimate of drug-likeness (QED) is 0.877. The third-order valence-electron chi connectivity index (χ3n) is 3.96. The average molecular weight is 316 g/mol. The molecule has 1 aliphatic carbocycles. The molecule has 1 aromatic rings. The van der Waals surface area contributed by atoms with Gasteiger partial charge in [0.1, 0.15) is 0 Å². The summed E-state index contributed by atoms with van der Waals surface area (Å²) in [6.45, 7) is 2.45. The maximum Gasteiger partial charge on any atom is 0.307 e. The Morgan fingerprint density at radius 1 is 1.40 bits per heavy atom. The van der Waals surface area contributed by atoms with E-state index in [2.05, 4.69) is 5.32 Å². The molecule has 4 nitrogen and oxygen atoms in total. The molecular formula is C14H18ClNO3S. The highest BCUT2D eigenvalue weighted by Crippen LogP contribution is 2.38. The van der Waals surface area contributed by atoms with Crippen molar-refractivity contribution in [2.24, 2.45) is 17.8 Å². The molecule has 1 aromatic heterocycles. The first-order chi connectivity index (χ1) is 9.51. The largest absolute Gasteiger partial charge is 0.481 e. The number of aliphatic carboxylic acids is 1. The van der Waals surface area contributed by atoms with Gasteiger partial charge in [-0.2, -0.15) is 0 Å². The molecule has 0 bridgehead atoms. The Labute approximate surface area is 127 Å². The second-order valence-electron chi connectivity index (χ2n) is 5.22. The monoisotopic (exact) mass is 315 g/mol. The molecule has 0 aliphatic heterocycles. The van der Waals surface area contributed by atoms with Crippen LogP contribution in [-0.2, 0) is 16.1 Å². The van der Waals surface area contributed by atoms with Gasteiger partial charge in [0.15, 0.2) is 0 Å². The summed E-state index contributed by atoms with van der Waals surface area (Å²) in [4.78, 5) is 24.4. The van der Waals surface area contributed by atoms with Gasteiger partial charge in [0.25, 0.3) is 0 Å². The lowest BCUT2D eigenvalue weighted by atomic mass is 9.95. The summed E-state index contributed by atoms with van der Waals surface area (Å²) in [5.74, 6) is -1.64. The number of carboxylic acid groups (broad SMARTS) is 1. The summed E-state index contributed by atoms with van der Waals surface area (Å²) in [5, 5.41) is 12.1. The Balaban J connectivity index is 1.95. The van der Waals surface area contributed by atoms with Crippen LogP contribution in [0.15, 0.2) is 12.1 Å². The summed E-state index contributed by atoms with van der Waals surface area (Å²) in [7, 11) is 0. The van der Waals surface area contributed by atoms with Crippen molar-refractivity contribution in [3.63, 3.8) is 0 Å². The molecule has 1 saturated carbocycles. The molecule has 6 heteroatoms. The molecule has 2 N–H and O–H groups in total. The summed E-state index contributed by atoms with van der Waals surface area (Å²) < 4.78 is 0.685. The number of carbonyl (C=O) groups excluding carboxylic acids is 1. The maximum atomic E-state index is 12.2. The molecule has 3 unspecified atom stereocenters. The number of hydrogen-bond acceptors (Lipinski definition) is 3. The Morgan fingerprint density at radius 3 is 2.65 bits per heavy atom. The van der Waals surface area contributed by atoms with E-state index in [0.717, 1.165) is 11.3 Å². The summed E-state index contributed by atoms with van der Waals surface area (Å²) in [6.07, 6.45) is 2.20. The van der Waals surface area contributed by atoms with Gasteiger partial charge in [-0.05, 0) is 30.9 Å². The van der Waals surface area contributed by atoms with Gasteiger partial charge < -0.3 is 10.4 Å². The van der Waals surface area contributed by atoms with E-state index in [1.807, 2.05) is 13.0 Å². The van der Waals surface area contributed by atoms with Crippen LogP contribution in [0.5, 0.6) is 0 Å². The van der Waals surface area contributed by atoms with Crippen LogP contribution in [0.2, 0.25) is 4.34 Å². The number of carbonyl (C=O) groups is 2. The Bertz CT molecular complexity index is 502. The van der Waals surface area contributed by atoms with Crippen LogP contribution < -0.4 is 5.32 Å². The predicted octanol–water partition coefficient (Wildman–Crippen LogP) is 3.15. The Kier molecular flexibility index (Phi) is 5.05. The normalized spacial score (nSPS) is 25.6. The van der Waals surface area contributed by atoms with Crippen molar-refractivity contribution in [2.45, 2.75) is 32.7 Å². The topological polar surface area (TPSA) is 66.4 Å². The van der Waals surface area contributed by atoms with Gasteiger partial charge >= 0.3 is 5.97 Å². The fourth-order valence-corrected chi connectivity index (χ4v) is 3.82. The Morgan fingerprint density at radius 2 is 2.10 bits per heavy atom. The van der Waals surface area contributed by atoms with Crippen LogP contribution in [0.3, 0.4) is 0 Å². The molecule has 20 heavy (non-hydrogen) atoms. The maximum absolute atomic E-state index is 12.2. The number of thiophene rings is 1. The molecule has 1 amide bonds. The van der Waals surface area contributed by atoms with E-state index in [4.69, 9.17) is 11.6 Å². The summed E-state index contributed by atoms with van der Waals surface area (Å²) >= 11 is 7.25. The number of rotatable bonds is 5. The second kappa shape index (κ2) is 6.59. The minimum Gasteiger partial charge on any atom is -0.481 e. The smallest absolute Gasteiger partial charge is 0.307 e. The molecular weight excluding hydrogens is 298 g/mol. The van der Waals surface area contributed by atoms with Gasteiger partial charge in [-0.1, -0.05) is 24.9 Å². The van der Waals surface area contributed by atoms with E-state index < -0.39 is 17.8 Å². The predicted molar refractivity (Wildman–Crippen MR) is 78.8 cm³/mol. The van der Waals surface area contributed by atoms with Crippen LogP contribution in [0.25, 0.3) is 0 Å². The van der Waals surface area contributed by atoms with Crippen molar-refractivity contribution in [1.82, 2.24) is 5.32 Å². The van der Waals surface area contributed by atoms with Crippen molar-refractivity contribution in [3.8, 4) is 0 Å². The molecule has 0 aromatic carbocycles.